The molecule has 0 heterocycles. The van der Waals surface area contributed by atoms with E-state index in [4.69, 9.17) is 0 Å². The van der Waals surface area contributed by atoms with Gasteiger partial charge in [-0.05, 0) is 39.4 Å². The number of unbranched alkanes of at least 4 members (excludes halogenated alkanes) is 2. The summed E-state index contributed by atoms with van der Waals surface area (Å²) in [6.07, 6.45) is 3.66. The van der Waals surface area contributed by atoms with Crippen LogP contribution in [0.15, 0.2) is 30.3 Å². The van der Waals surface area contributed by atoms with Crippen molar-refractivity contribution in [1.29, 1.82) is 5.26 Å². The third kappa shape index (κ3) is 4.84. The normalized spacial score (nSPS) is 14.1. The molecule has 3 nitrogen and oxygen atoms in total. The molecule has 3 heteroatoms. The monoisotopic (exact) mass is 287 g/mol. The molecular formula is C18H29N3. The first-order valence-electron chi connectivity index (χ1n) is 7.99. The molecule has 0 saturated carbocycles. The first-order valence-corrected chi connectivity index (χ1v) is 7.99. The topological polar surface area (TPSA) is 39.1 Å². The molecule has 0 aliphatic carbocycles. The van der Waals surface area contributed by atoms with Gasteiger partial charge in [0.1, 0.15) is 5.54 Å². The van der Waals surface area contributed by atoms with Crippen molar-refractivity contribution in [2.45, 2.75) is 51.6 Å². The minimum atomic E-state index is -0.641. The average Bonchev–Trinajstić information content (AvgIpc) is 2.52. The molecule has 1 aromatic rings. The van der Waals surface area contributed by atoms with Crippen molar-refractivity contribution in [3.8, 4) is 6.07 Å². The van der Waals surface area contributed by atoms with Crippen LogP contribution in [-0.4, -0.2) is 31.1 Å². The van der Waals surface area contributed by atoms with Gasteiger partial charge in [0, 0.05) is 12.6 Å². The van der Waals surface area contributed by atoms with Crippen LogP contribution >= 0.6 is 0 Å². The summed E-state index contributed by atoms with van der Waals surface area (Å²) >= 11 is 0. The highest BCUT2D eigenvalue weighted by Crippen LogP contribution is 2.22. The molecule has 0 amide bonds. The molecule has 1 atom stereocenters. The minimum absolute atomic E-state index is 0.437. The summed E-state index contributed by atoms with van der Waals surface area (Å²) in [4.78, 5) is 2.41. The van der Waals surface area contributed by atoms with Gasteiger partial charge < -0.3 is 0 Å². The molecule has 0 aliphatic rings. The number of benzene rings is 1. The van der Waals surface area contributed by atoms with Gasteiger partial charge in [-0.3, -0.25) is 10.2 Å². The standard InChI is InChI=1S/C18H29N3/c1-5-6-10-13-21(16(2)3)15-18(14-19,20-4)17-11-8-7-9-12-17/h7-9,11-12,16,20H,5-6,10,13,15H2,1-4H3. The minimum Gasteiger partial charge on any atom is -0.298 e. The van der Waals surface area contributed by atoms with Crippen LogP contribution in [0.2, 0.25) is 0 Å². The molecule has 0 aliphatic heterocycles. The van der Waals surface area contributed by atoms with Crippen molar-refractivity contribution in [1.82, 2.24) is 10.2 Å². The van der Waals surface area contributed by atoms with Gasteiger partial charge in [0.2, 0.25) is 0 Å². The molecule has 0 saturated heterocycles. The zero-order valence-corrected chi connectivity index (χ0v) is 13.9. The van der Waals surface area contributed by atoms with Gasteiger partial charge in [-0.2, -0.15) is 5.26 Å². The Morgan fingerprint density at radius 2 is 1.90 bits per heavy atom. The summed E-state index contributed by atoms with van der Waals surface area (Å²) in [5.41, 5.74) is 0.397. The number of hydrogen-bond donors (Lipinski definition) is 1. The summed E-state index contributed by atoms with van der Waals surface area (Å²) in [7, 11) is 1.88. The van der Waals surface area contributed by atoms with Gasteiger partial charge in [-0.15, -0.1) is 0 Å². The fourth-order valence-electron chi connectivity index (χ4n) is 2.58. The van der Waals surface area contributed by atoms with E-state index in [2.05, 4.69) is 37.1 Å². The maximum atomic E-state index is 9.79. The molecule has 116 valence electrons. The van der Waals surface area contributed by atoms with Crippen molar-refractivity contribution in [2.24, 2.45) is 0 Å². The molecule has 1 N–H and O–H groups in total. The summed E-state index contributed by atoms with van der Waals surface area (Å²) < 4.78 is 0. The van der Waals surface area contributed by atoms with Crippen molar-refractivity contribution in [2.75, 3.05) is 20.1 Å². The third-order valence-electron chi connectivity index (χ3n) is 4.10. The molecule has 0 bridgehead atoms. The SMILES string of the molecule is CCCCCN(CC(C#N)(NC)c1ccccc1)C(C)C. The Kier molecular flexibility index (Phi) is 7.42. The van der Waals surface area contributed by atoms with Crippen LogP contribution in [0.4, 0.5) is 0 Å². The second-order valence-corrected chi connectivity index (χ2v) is 5.90. The Morgan fingerprint density at radius 1 is 1.24 bits per heavy atom. The smallest absolute Gasteiger partial charge is 0.144 e. The van der Waals surface area contributed by atoms with Crippen molar-refractivity contribution < 1.29 is 0 Å². The van der Waals surface area contributed by atoms with E-state index < -0.39 is 5.54 Å². The molecule has 0 spiro atoms. The van der Waals surface area contributed by atoms with E-state index in [1.165, 1.54) is 19.3 Å². The number of hydrogen-bond acceptors (Lipinski definition) is 3. The fraction of sp³-hybridized carbons (Fsp3) is 0.611. The second kappa shape index (κ2) is 8.81. The van der Waals surface area contributed by atoms with E-state index in [0.717, 1.165) is 12.1 Å². The number of nitrogens with one attached hydrogen (secondary N) is 1. The Hall–Kier alpha value is -1.37. The fourth-order valence-corrected chi connectivity index (χ4v) is 2.58. The Morgan fingerprint density at radius 3 is 2.38 bits per heavy atom. The van der Waals surface area contributed by atoms with E-state index >= 15 is 0 Å². The Labute approximate surface area is 130 Å². The number of likely N-dealkylation sites (N-methyl/N-ethyl adjacent to an activating group) is 1. The van der Waals surface area contributed by atoms with Crippen molar-refractivity contribution in [3.05, 3.63) is 35.9 Å². The Bertz CT molecular complexity index is 436. The van der Waals surface area contributed by atoms with Gasteiger partial charge in [-0.1, -0.05) is 50.1 Å². The van der Waals surface area contributed by atoms with Crippen LogP contribution in [0.5, 0.6) is 0 Å². The molecule has 1 unspecified atom stereocenters. The van der Waals surface area contributed by atoms with Gasteiger partial charge in [0.05, 0.1) is 6.07 Å². The highest BCUT2D eigenvalue weighted by atomic mass is 15.2. The van der Waals surface area contributed by atoms with Gasteiger partial charge in [0.25, 0.3) is 0 Å². The summed E-state index contributed by atoms with van der Waals surface area (Å²) in [5, 5.41) is 13.0. The maximum Gasteiger partial charge on any atom is 0.144 e. The largest absolute Gasteiger partial charge is 0.298 e. The predicted molar refractivity (Wildman–Crippen MR) is 89.0 cm³/mol. The molecule has 21 heavy (non-hydrogen) atoms. The molecule has 0 fully saturated rings. The zero-order valence-electron chi connectivity index (χ0n) is 13.9. The number of rotatable bonds is 9. The predicted octanol–water partition coefficient (Wildman–Crippen LogP) is 3.53. The first-order chi connectivity index (χ1) is 10.1. The van der Waals surface area contributed by atoms with Gasteiger partial charge >= 0.3 is 0 Å². The van der Waals surface area contributed by atoms with E-state index in [-0.39, 0.29) is 0 Å². The lowest BCUT2D eigenvalue weighted by Gasteiger charge is -2.36. The van der Waals surface area contributed by atoms with Crippen LogP contribution in [0.25, 0.3) is 0 Å². The maximum absolute atomic E-state index is 9.79. The van der Waals surface area contributed by atoms with Crippen LogP contribution in [0.1, 0.15) is 45.6 Å². The number of nitrogens with zero attached hydrogens (tertiary/aromatic N) is 2. The van der Waals surface area contributed by atoms with Crippen molar-refractivity contribution >= 4 is 0 Å². The lowest BCUT2D eigenvalue weighted by molar-refractivity contribution is 0.173. The van der Waals surface area contributed by atoms with E-state index in [1.807, 2.05) is 37.4 Å². The summed E-state index contributed by atoms with van der Waals surface area (Å²) in [6.45, 7) is 8.38. The number of nitriles is 1. The summed E-state index contributed by atoms with van der Waals surface area (Å²) in [6, 6.07) is 13.0. The van der Waals surface area contributed by atoms with Crippen LogP contribution in [0.3, 0.4) is 0 Å². The van der Waals surface area contributed by atoms with Crippen LogP contribution in [0, 0.1) is 11.3 Å². The highest BCUT2D eigenvalue weighted by molar-refractivity contribution is 5.32. The van der Waals surface area contributed by atoms with Gasteiger partial charge in [0.15, 0.2) is 0 Å². The first kappa shape index (κ1) is 17.7. The van der Waals surface area contributed by atoms with E-state index in [1.54, 1.807) is 0 Å². The zero-order chi connectivity index (χ0) is 15.7. The lowest BCUT2D eigenvalue weighted by Crippen LogP contribution is -2.50. The van der Waals surface area contributed by atoms with E-state index in [9.17, 15) is 5.26 Å². The van der Waals surface area contributed by atoms with E-state index in [0.29, 0.717) is 12.6 Å². The molecule has 0 aromatic heterocycles. The molecular weight excluding hydrogens is 258 g/mol. The quantitative estimate of drug-likeness (QED) is 0.706. The third-order valence-corrected chi connectivity index (χ3v) is 4.10. The molecule has 1 rings (SSSR count). The van der Waals surface area contributed by atoms with Crippen LogP contribution in [-0.2, 0) is 5.54 Å². The second-order valence-electron chi connectivity index (χ2n) is 5.90. The average molecular weight is 287 g/mol. The van der Waals surface area contributed by atoms with Gasteiger partial charge in [-0.25, -0.2) is 0 Å². The Balaban J connectivity index is 2.92. The van der Waals surface area contributed by atoms with Crippen molar-refractivity contribution in [3.63, 3.8) is 0 Å². The lowest BCUT2D eigenvalue weighted by atomic mass is 9.90. The molecule has 0 radical (unpaired) electrons. The highest BCUT2D eigenvalue weighted by Gasteiger charge is 2.33. The molecule has 1 aromatic carbocycles. The summed E-state index contributed by atoms with van der Waals surface area (Å²) in [5.74, 6) is 0. The van der Waals surface area contributed by atoms with Crippen LogP contribution < -0.4 is 5.32 Å².